The van der Waals surface area contributed by atoms with Crippen LogP contribution in [0.4, 0.5) is 0 Å². The van der Waals surface area contributed by atoms with Gasteiger partial charge in [-0.05, 0) is 134 Å². The number of carbonyl (C=O) groups is 4. The molecular weight excluding hydrogens is 703 g/mol. The molecule has 2 amide bonds. The van der Waals surface area contributed by atoms with Crippen LogP contribution in [0.5, 0.6) is 0 Å². The average molecular weight is 764 g/mol. The third kappa shape index (κ3) is 7.77. The first-order valence-electron chi connectivity index (χ1n) is 20.5. The molecule has 0 spiro atoms. The van der Waals surface area contributed by atoms with E-state index in [2.05, 4.69) is 42.0 Å². The number of rotatable bonds is 15. The maximum Gasteiger partial charge on any atom is 0.253 e. The zero-order valence-corrected chi connectivity index (χ0v) is 33.5. The van der Waals surface area contributed by atoms with Crippen LogP contribution in [-0.4, -0.2) is 74.4 Å². The molecule has 0 aromatic rings. The van der Waals surface area contributed by atoms with Crippen molar-refractivity contribution >= 4 is 35.1 Å². The van der Waals surface area contributed by atoms with E-state index in [1.165, 1.54) is 4.90 Å². The molecule has 0 radical (unpaired) electrons. The van der Waals surface area contributed by atoms with Crippen LogP contribution < -0.4 is 5.32 Å². The molecule has 5 fully saturated rings. The molecule has 4 aliphatic carbocycles. The van der Waals surface area contributed by atoms with E-state index in [0.717, 1.165) is 63.4 Å². The van der Waals surface area contributed by atoms with E-state index in [1.54, 1.807) is 11.8 Å². The Morgan fingerprint density at radius 3 is 2.57 bits per heavy atom. The highest BCUT2D eigenvalue weighted by Gasteiger charge is 2.63. The summed E-state index contributed by atoms with van der Waals surface area (Å²) in [5.74, 6) is 4.62. The Morgan fingerprint density at radius 2 is 1.83 bits per heavy atom. The molecule has 4 saturated carbocycles. The van der Waals surface area contributed by atoms with Gasteiger partial charge in [-0.25, -0.2) is 0 Å². The van der Waals surface area contributed by atoms with Gasteiger partial charge in [0.1, 0.15) is 17.2 Å². The van der Waals surface area contributed by atoms with E-state index in [4.69, 9.17) is 12.0 Å². The van der Waals surface area contributed by atoms with Gasteiger partial charge >= 0.3 is 0 Å². The monoisotopic (exact) mass is 763 g/mol. The Balaban J connectivity index is 1.01. The molecule has 1 saturated heterocycles. The van der Waals surface area contributed by atoms with Crippen molar-refractivity contribution in [1.82, 2.24) is 10.2 Å². The molecule has 0 aromatic heterocycles. The average Bonchev–Trinajstić information content (AvgIpc) is 3.49. The first-order chi connectivity index (χ1) is 25.7. The number of carbonyl (C=O) groups excluding carboxylic acids is 4. The van der Waals surface area contributed by atoms with Gasteiger partial charge in [-0.2, -0.15) is 0 Å². The van der Waals surface area contributed by atoms with Crippen LogP contribution in [0.15, 0.2) is 16.4 Å². The Hall–Kier alpha value is -2.84. The number of aliphatic hydroxyl groups excluding tert-OH is 2. The number of thioether (sulfide) groups is 1. The lowest BCUT2D eigenvalue weighted by Gasteiger charge is -2.62. The van der Waals surface area contributed by atoms with E-state index < -0.39 is 6.04 Å². The van der Waals surface area contributed by atoms with Gasteiger partial charge < -0.3 is 15.5 Å². The summed E-state index contributed by atoms with van der Waals surface area (Å²) >= 11 is 1.55. The molecule has 296 valence electrons. The summed E-state index contributed by atoms with van der Waals surface area (Å²) in [4.78, 5) is 57.4. The van der Waals surface area contributed by atoms with Crippen LogP contribution in [0.25, 0.3) is 10.4 Å². The Kier molecular flexibility index (Phi) is 12.6. The third-order valence-electron chi connectivity index (χ3n) is 15.2. The summed E-state index contributed by atoms with van der Waals surface area (Å²) in [6.45, 7) is 9.25. The molecule has 2 aliphatic heterocycles. The highest BCUT2D eigenvalue weighted by molar-refractivity contribution is 8.00. The number of azide groups is 1. The number of hydrogen-bond donors (Lipinski definition) is 3. The highest BCUT2D eigenvalue weighted by atomic mass is 32.2. The van der Waals surface area contributed by atoms with Crippen LogP contribution >= 0.6 is 11.8 Å². The lowest BCUT2D eigenvalue weighted by atomic mass is 9.43. The summed E-state index contributed by atoms with van der Waals surface area (Å²) in [5.41, 5.74) is 9.95. The van der Waals surface area contributed by atoms with Gasteiger partial charge in [-0.15, -0.1) is 24.1 Å². The number of nitrogens with one attached hydrogen (secondary N) is 1. The van der Waals surface area contributed by atoms with Gasteiger partial charge in [0, 0.05) is 49.3 Å². The largest absolute Gasteiger partial charge is 0.393 e. The number of terminal acetylenes is 1. The van der Waals surface area contributed by atoms with E-state index in [0.29, 0.717) is 59.8 Å². The van der Waals surface area contributed by atoms with E-state index >= 15 is 0 Å². The molecule has 12 heteroatoms. The number of allylic oxidation sites excluding steroid dienone is 1. The molecule has 6 aliphatic rings. The minimum Gasteiger partial charge on any atom is -0.393 e. The predicted octanol–water partition coefficient (Wildman–Crippen LogP) is 6.72. The Bertz CT molecular complexity index is 1600. The second kappa shape index (κ2) is 16.7. The van der Waals surface area contributed by atoms with Crippen molar-refractivity contribution in [2.75, 3.05) is 12.3 Å². The van der Waals surface area contributed by atoms with Crippen molar-refractivity contribution in [3.05, 3.63) is 21.7 Å². The second-order valence-electron chi connectivity index (χ2n) is 18.3. The number of Topliss-reactive ketones (excluding diaryl/α,β-unsaturated/α-hetero) is 2. The zero-order valence-electron chi connectivity index (χ0n) is 32.7. The molecular formula is C42H61N5O6S. The van der Waals surface area contributed by atoms with Gasteiger partial charge in [0.2, 0.25) is 5.91 Å². The number of nitrogens with zero attached hydrogens (tertiary/aromatic N) is 4. The molecule has 0 aromatic carbocycles. The van der Waals surface area contributed by atoms with Crippen molar-refractivity contribution in [3.8, 4) is 12.3 Å². The summed E-state index contributed by atoms with van der Waals surface area (Å²) in [5, 5.41) is 28.1. The molecule has 54 heavy (non-hydrogen) atoms. The van der Waals surface area contributed by atoms with Gasteiger partial charge in [0.25, 0.3) is 5.91 Å². The molecule has 0 bridgehead atoms. The predicted molar refractivity (Wildman–Crippen MR) is 208 cm³/mol. The van der Waals surface area contributed by atoms with Crippen LogP contribution in [-0.2, 0) is 19.2 Å². The number of β-lactam (4-membered cyclic amide) rings is 1. The zero-order chi connectivity index (χ0) is 38.9. The third-order valence-corrected chi connectivity index (χ3v) is 16.6. The molecule has 13 unspecified atom stereocenters. The Labute approximate surface area is 325 Å². The maximum atomic E-state index is 13.6. The van der Waals surface area contributed by atoms with Crippen LogP contribution in [0.1, 0.15) is 124 Å². The molecule has 2 heterocycles. The molecule has 6 rings (SSSR count). The van der Waals surface area contributed by atoms with Crippen molar-refractivity contribution in [1.29, 1.82) is 0 Å². The standard InChI is InChI=1S/C42H61N5O6S/c1-6-8-26(19-28(48)9-7-18-44-46-43)20-34(51)38-25(3)23-54-40-37(39(53)47(38)40)45-35(52)13-10-24(2)30-11-12-31-36-32(15-17-42(30,31)5)41(4)16-14-29(49)21-27(41)22-33(36)50/h1,24,26-27,29-33,36-37,40,49-50H,7-23H2,2-5H3,(H,45,52). The summed E-state index contributed by atoms with van der Waals surface area (Å²) in [6, 6.07) is -0.685. The molecule has 3 N–H and O–H groups in total. The first kappa shape index (κ1) is 40.8. The number of amides is 2. The first-order valence-corrected chi connectivity index (χ1v) is 21.6. The highest BCUT2D eigenvalue weighted by Crippen LogP contribution is 2.68. The number of aliphatic hydroxyl groups is 2. The van der Waals surface area contributed by atoms with Crippen molar-refractivity contribution < 1.29 is 29.4 Å². The van der Waals surface area contributed by atoms with Crippen LogP contribution in [0.3, 0.4) is 0 Å². The van der Waals surface area contributed by atoms with Crippen molar-refractivity contribution in [2.24, 2.45) is 57.4 Å². The fourth-order valence-corrected chi connectivity index (χ4v) is 13.7. The lowest BCUT2D eigenvalue weighted by Crippen LogP contribution is -2.70. The topological polar surface area (TPSA) is 173 Å². The molecule has 11 nitrogen and oxygen atoms in total. The minimum atomic E-state index is -0.685. The fraction of sp³-hybridized carbons (Fsp3) is 0.810. The van der Waals surface area contributed by atoms with Crippen LogP contribution in [0.2, 0.25) is 0 Å². The van der Waals surface area contributed by atoms with Gasteiger partial charge in [0.15, 0.2) is 5.78 Å². The SMILES string of the molecule is C#CCC(CC(=O)CCCN=[N+]=[N-])CC(=O)C1=C(C)CSC2C(NC(=O)CCC(C)C3CCC4C5C(O)CC6CC(O)CCC6(C)C5CCC34C)C(=O)N12. The number of fused-ring (bicyclic) bond motifs is 6. The van der Waals surface area contributed by atoms with Crippen LogP contribution in [0, 0.1) is 64.6 Å². The lowest BCUT2D eigenvalue weighted by molar-refractivity contribution is -0.174. The summed E-state index contributed by atoms with van der Waals surface area (Å²) < 4.78 is 0. The quantitative estimate of drug-likeness (QED) is 0.0415. The Morgan fingerprint density at radius 1 is 1.09 bits per heavy atom. The van der Waals surface area contributed by atoms with E-state index in [9.17, 15) is 29.4 Å². The number of ketones is 2. The summed E-state index contributed by atoms with van der Waals surface area (Å²) in [6.07, 6.45) is 15.3. The normalized spacial score (nSPS) is 38.0. The smallest absolute Gasteiger partial charge is 0.253 e. The summed E-state index contributed by atoms with van der Waals surface area (Å²) in [7, 11) is 0. The number of hydrogen-bond acceptors (Lipinski definition) is 8. The minimum absolute atomic E-state index is 0.0395. The second-order valence-corrected chi connectivity index (χ2v) is 19.4. The van der Waals surface area contributed by atoms with E-state index in [-0.39, 0.29) is 89.9 Å². The molecule has 13 atom stereocenters. The maximum absolute atomic E-state index is 13.6. The van der Waals surface area contributed by atoms with Gasteiger partial charge in [0.05, 0.1) is 17.9 Å². The van der Waals surface area contributed by atoms with E-state index in [1.807, 2.05) is 6.92 Å². The van der Waals surface area contributed by atoms with Gasteiger partial charge in [-0.3, -0.25) is 24.1 Å². The van der Waals surface area contributed by atoms with Crippen molar-refractivity contribution in [3.63, 3.8) is 0 Å². The fourth-order valence-electron chi connectivity index (χ4n) is 12.4. The van der Waals surface area contributed by atoms with Gasteiger partial charge in [-0.1, -0.05) is 25.9 Å². The van der Waals surface area contributed by atoms with Crippen molar-refractivity contribution in [2.45, 2.75) is 148 Å².